The van der Waals surface area contributed by atoms with E-state index in [9.17, 15) is 30.3 Å². The molecule has 0 spiro atoms. The van der Waals surface area contributed by atoms with Crippen LogP contribution in [0.1, 0.15) is 316 Å². The van der Waals surface area contributed by atoms with Crippen molar-refractivity contribution in [1.29, 1.82) is 0 Å². The Morgan fingerprint density at radius 3 is 1.17 bits per heavy atom. The van der Waals surface area contributed by atoms with E-state index in [2.05, 4.69) is 31.3 Å². The summed E-state index contributed by atoms with van der Waals surface area (Å²) in [6, 6.07) is -0.819. The molecule has 7 atom stereocenters. The van der Waals surface area contributed by atoms with Crippen molar-refractivity contribution < 1.29 is 39.8 Å². The Balaban J connectivity index is 2.20. The lowest BCUT2D eigenvalue weighted by atomic mass is 9.99. The van der Waals surface area contributed by atoms with Gasteiger partial charge in [-0.1, -0.05) is 301 Å². The third-order valence-electron chi connectivity index (χ3n) is 15.3. The third-order valence-corrected chi connectivity index (χ3v) is 15.3. The van der Waals surface area contributed by atoms with Crippen LogP contribution in [0.4, 0.5) is 0 Å². The van der Waals surface area contributed by atoms with Gasteiger partial charge in [-0.15, -0.1) is 0 Å². The first kappa shape index (κ1) is 68.7. The highest BCUT2D eigenvalue weighted by Gasteiger charge is 2.44. The van der Waals surface area contributed by atoms with Crippen molar-refractivity contribution in [3.63, 3.8) is 0 Å². The monoisotopic (exact) mass is 1020 g/mol. The van der Waals surface area contributed by atoms with E-state index in [1.54, 1.807) is 6.08 Å². The van der Waals surface area contributed by atoms with E-state index in [1.807, 2.05) is 6.08 Å². The van der Waals surface area contributed by atoms with E-state index in [0.29, 0.717) is 6.42 Å². The van der Waals surface area contributed by atoms with E-state index >= 15 is 0 Å². The second-order valence-corrected chi connectivity index (χ2v) is 22.2. The molecule has 1 heterocycles. The number of hydrogen-bond donors (Lipinski definition) is 6. The van der Waals surface area contributed by atoms with Crippen molar-refractivity contribution in [3.8, 4) is 0 Å². The molecule has 1 amide bonds. The lowest BCUT2D eigenvalue weighted by Gasteiger charge is -2.40. The summed E-state index contributed by atoms with van der Waals surface area (Å²) in [7, 11) is 0. The number of nitrogens with one attached hydrogen (secondary N) is 1. The molecule has 1 aliphatic heterocycles. The highest BCUT2D eigenvalue weighted by molar-refractivity contribution is 5.76. The van der Waals surface area contributed by atoms with E-state index in [4.69, 9.17) is 9.47 Å². The minimum absolute atomic E-state index is 0.179. The van der Waals surface area contributed by atoms with Gasteiger partial charge in [-0.25, -0.2) is 0 Å². The number of amides is 1. The molecule has 1 aliphatic rings. The van der Waals surface area contributed by atoms with Gasteiger partial charge in [0.2, 0.25) is 5.91 Å². The molecule has 6 N–H and O–H groups in total. The highest BCUT2D eigenvalue weighted by Crippen LogP contribution is 2.23. The zero-order valence-electron chi connectivity index (χ0n) is 47.5. The van der Waals surface area contributed by atoms with Gasteiger partial charge in [-0.3, -0.25) is 4.79 Å². The molecule has 0 aromatic carbocycles. The summed E-state index contributed by atoms with van der Waals surface area (Å²) < 4.78 is 11.3. The van der Waals surface area contributed by atoms with Gasteiger partial charge in [-0.05, 0) is 32.1 Å². The standard InChI is InChI=1S/C63H121NO8/c1-3-5-7-9-11-13-15-17-19-21-23-25-27-28-29-30-31-32-34-36-38-40-42-44-46-48-50-52-57(66)56(55-71-63-62(70)61(69)60(68)58(54-65)72-63)64-59(67)53-51-49-47-45-43-41-39-37-35-33-26-24-22-20-18-16-14-12-10-8-6-4-2/h42,44,50,52,56-58,60-63,65-66,68-70H,3-41,43,45-49,51,53-55H2,1-2H3,(H,64,67)/b44-42+,52-50+. The van der Waals surface area contributed by atoms with Gasteiger partial charge in [0.25, 0.3) is 0 Å². The van der Waals surface area contributed by atoms with Crippen molar-refractivity contribution in [2.75, 3.05) is 13.2 Å². The minimum Gasteiger partial charge on any atom is -0.394 e. The van der Waals surface area contributed by atoms with Crippen LogP contribution in [-0.2, 0) is 14.3 Å². The Bertz CT molecular complexity index is 1180. The molecule has 426 valence electrons. The number of aliphatic hydroxyl groups is 5. The second kappa shape index (κ2) is 53.1. The highest BCUT2D eigenvalue weighted by atomic mass is 16.7. The van der Waals surface area contributed by atoms with Crippen molar-refractivity contribution in [1.82, 2.24) is 5.32 Å². The Kier molecular flexibility index (Phi) is 50.6. The average molecular weight is 1020 g/mol. The van der Waals surface area contributed by atoms with Gasteiger partial charge in [0.15, 0.2) is 6.29 Å². The zero-order valence-corrected chi connectivity index (χ0v) is 47.5. The lowest BCUT2D eigenvalue weighted by Crippen LogP contribution is -2.60. The van der Waals surface area contributed by atoms with Gasteiger partial charge < -0.3 is 40.3 Å². The summed E-state index contributed by atoms with van der Waals surface area (Å²) in [5, 5.41) is 54.6. The topological polar surface area (TPSA) is 149 Å². The maximum Gasteiger partial charge on any atom is 0.220 e. The van der Waals surface area contributed by atoms with Crippen LogP contribution in [0.15, 0.2) is 24.3 Å². The van der Waals surface area contributed by atoms with Gasteiger partial charge in [0.05, 0.1) is 25.4 Å². The van der Waals surface area contributed by atoms with Crippen LogP contribution in [0.2, 0.25) is 0 Å². The largest absolute Gasteiger partial charge is 0.394 e. The molecule has 0 aliphatic carbocycles. The summed E-state index contributed by atoms with van der Waals surface area (Å²) >= 11 is 0. The second-order valence-electron chi connectivity index (χ2n) is 22.2. The third kappa shape index (κ3) is 41.9. The van der Waals surface area contributed by atoms with Crippen molar-refractivity contribution in [2.24, 2.45) is 0 Å². The Morgan fingerprint density at radius 1 is 0.458 bits per heavy atom. The number of hydrogen-bond acceptors (Lipinski definition) is 8. The molecule has 1 saturated heterocycles. The fourth-order valence-electron chi connectivity index (χ4n) is 10.3. The molecule has 9 heteroatoms. The molecule has 0 aromatic heterocycles. The SMILES string of the molecule is CCCCCCCCCCCCCCCCCCCCCCC/C=C/CC/C=C/C(O)C(COC1OC(CO)C(O)C(O)C1O)NC(=O)CCCCCCCCCCCCCCCCCCCCCCCC. The Hall–Kier alpha value is -1.33. The van der Waals surface area contributed by atoms with E-state index in [1.165, 1.54) is 257 Å². The summed E-state index contributed by atoms with van der Waals surface area (Å²) in [4.78, 5) is 13.1. The summed E-state index contributed by atoms with van der Waals surface area (Å²) in [6.45, 7) is 3.81. The number of rotatable bonds is 55. The molecule has 1 fully saturated rings. The number of carbonyl (C=O) groups excluding carboxylic acids is 1. The van der Waals surface area contributed by atoms with Crippen molar-refractivity contribution >= 4 is 5.91 Å². The van der Waals surface area contributed by atoms with Crippen LogP contribution >= 0.6 is 0 Å². The smallest absolute Gasteiger partial charge is 0.220 e. The Morgan fingerprint density at radius 2 is 0.792 bits per heavy atom. The Labute approximate surface area is 445 Å². The molecule has 1 rings (SSSR count). The zero-order chi connectivity index (χ0) is 52.2. The van der Waals surface area contributed by atoms with Crippen molar-refractivity contribution in [3.05, 3.63) is 24.3 Å². The van der Waals surface area contributed by atoms with Gasteiger partial charge in [-0.2, -0.15) is 0 Å². The number of allylic oxidation sites excluding steroid dienone is 3. The molecule has 0 radical (unpaired) electrons. The molecule has 9 nitrogen and oxygen atoms in total. The van der Waals surface area contributed by atoms with Crippen LogP contribution in [0, 0.1) is 0 Å². The quantitative estimate of drug-likeness (QED) is 0.0261. The van der Waals surface area contributed by atoms with Crippen LogP contribution in [0.5, 0.6) is 0 Å². The van der Waals surface area contributed by atoms with E-state index in [-0.39, 0.29) is 12.5 Å². The number of unbranched alkanes of at least 4 members (excludes halogenated alkanes) is 43. The van der Waals surface area contributed by atoms with Crippen molar-refractivity contribution in [2.45, 2.75) is 358 Å². The van der Waals surface area contributed by atoms with Gasteiger partial charge >= 0.3 is 0 Å². The lowest BCUT2D eigenvalue weighted by molar-refractivity contribution is -0.302. The number of carbonyl (C=O) groups is 1. The summed E-state index contributed by atoms with van der Waals surface area (Å²) in [6.07, 6.45) is 61.2. The van der Waals surface area contributed by atoms with Gasteiger partial charge in [0.1, 0.15) is 24.4 Å². The molecule has 72 heavy (non-hydrogen) atoms. The minimum atomic E-state index is -1.57. The first-order valence-electron chi connectivity index (χ1n) is 31.6. The molecule has 0 bridgehead atoms. The summed E-state index contributed by atoms with van der Waals surface area (Å²) in [5.74, 6) is -0.179. The molecule has 0 aromatic rings. The van der Waals surface area contributed by atoms with Crippen LogP contribution in [0.3, 0.4) is 0 Å². The maximum absolute atomic E-state index is 13.1. The van der Waals surface area contributed by atoms with E-state index in [0.717, 1.165) is 38.5 Å². The maximum atomic E-state index is 13.1. The molecular weight excluding hydrogens is 899 g/mol. The normalized spacial score (nSPS) is 19.2. The first-order chi connectivity index (χ1) is 35.3. The molecule has 7 unspecified atom stereocenters. The fourth-order valence-corrected chi connectivity index (χ4v) is 10.3. The van der Waals surface area contributed by atoms with Gasteiger partial charge in [0, 0.05) is 6.42 Å². The van der Waals surface area contributed by atoms with Crippen LogP contribution < -0.4 is 5.32 Å². The number of aliphatic hydroxyl groups excluding tert-OH is 5. The number of ether oxygens (including phenoxy) is 2. The van der Waals surface area contributed by atoms with Crippen LogP contribution in [0.25, 0.3) is 0 Å². The average Bonchev–Trinajstić information content (AvgIpc) is 3.38. The predicted molar refractivity (Wildman–Crippen MR) is 304 cm³/mol. The van der Waals surface area contributed by atoms with Crippen LogP contribution in [-0.4, -0.2) is 87.5 Å². The predicted octanol–water partition coefficient (Wildman–Crippen LogP) is 16.1. The molecular formula is C63H121NO8. The van der Waals surface area contributed by atoms with E-state index < -0.39 is 49.5 Å². The first-order valence-corrected chi connectivity index (χ1v) is 31.6. The fraction of sp³-hybridized carbons (Fsp3) is 0.921. The summed E-state index contributed by atoms with van der Waals surface area (Å²) in [5.41, 5.74) is 0. The molecule has 0 saturated carbocycles.